The van der Waals surface area contributed by atoms with Crippen LogP contribution >= 0.6 is 0 Å². The van der Waals surface area contributed by atoms with E-state index in [-0.39, 0.29) is 24.6 Å². The molecule has 142 valence electrons. The summed E-state index contributed by atoms with van der Waals surface area (Å²) in [5, 5.41) is 2.67. The van der Waals surface area contributed by atoms with E-state index in [1.165, 1.54) is 47.4 Å². The van der Waals surface area contributed by atoms with Crippen LogP contribution in [0.4, 0.5) is 14.5 Å². The fourth-order valence-corrected chi connectivity index (χ4v) is 2.72. The van der Waals surface area contributed by atoms with Gasteiger partial charge < -0.3 is 10.2 Å². The number of amides is 2. The van der Waals surface area contributed by atoms with Gasteiger partial charge in [-0.15, -0.1) is 0 Å². The van der Waals surface area contributed by atoms with Gasteiger partial charge in [0.05, 0.1) is 0 Å². The van der Waals surface area contributed by atoms with Crippen molar-refractivity contribution in [3.63, 3.8) is 0 Å². The first-order chi connectivity index (χ1) is 13.5. The maximum Gasteiger partial charge on any atom is 0.258 e. The molecule has 0 aliphatic heterocycles. The Kier molecular flexibility index (Phi) is 6.11. The monoisotopic (exact) mass is 380 g/mol. The highest BCUT2D eigenvalue weighted by Gasteiger charge is 2.18. The van der Waals surface area contributed by atoms with E-state index in [1.54, 1.807) is 30.3 Å². The summed E-state index contributed by atoms with van der Waals surface area (Å²) < 4.78 is 26.5. The highest BCUT2D eigenvalue weighted by atomic mass is 19.1. The Morgan fingerprint density at radius 2 is 1.46 bits per heavy atom. The molecule has 0 aliphatic carbocycles. The molecule has 0 bridgehead atoms. The molecule has 0 saturated heterocycles. The molecule has 3 aromatic carbocycles. The van der Waals surface area contributed by atoms with Crippen molar-refractivity contribution >= 4 is 17.5 Å². The topological polar surface area (TPSA) is 49.4 Å². The van der Waals surface area contributed by atoms with Crippen molar-refractivity contribution in [3.05, 3.63) is 102 Å². The summed E-state index contributed by atoms with van der Waals surface area (Å²) in [7, 11) is 0. The third kappa shape index (κ3) is 4.79. The third-order valence-electron chi connectivity index (χ3n) is 4.11. The number of nitrogens with zero attached hydrogens (tertiary/aromatic N) is 1. The zero-order valence-corrected chi connectivity index (χ0v) is 14.9. The van der Waals surface area contributed by atoms with Gasteiger partial charge in [-0.3, -0.25) is 9.59 Å². The fourth-order valence-electron chi connectivity index (χ4n) is 2.72. The summed E-state index contributed by atoms with van der Waals surface area (Å²) in [6, 6.07) is 19.6. The molecule has 0 spiro atoms. The van der Waals surface area contributed by atoms with Crippen molar-refractivity contribution in [2.24, 2.45) is 0 Å². The van der Waals surface area contributed by atoms with Gasteiger partial charge in [-0.2, -0.15) is 0 Å². The van der Waals surface area contributed by atoms with Gasteiger partial charge in [-0.05, 0) is 54.6 Å². The number of hydrogen-bond donors (Lipinski definition) is 1. The summed E-state index contributed by atoms with van der Waals surface area (Å²) in [4.78, 5) is 26.5. The van der Waals surface area contributed by atoms with E-state index in [0.717, 1.165) is 6.07 Å². The number of hydrogen-bond acceptors (Lipinski definition) is 2. The predicted molar refractivity (Wildman–Crippen MR) is 103 cm³/mol. The number of carbonyl (C=O) groups is 2. The fraction of sp³-hybridized carbons (Fsp3) is 0.0909. The van der Waals surface area contributed by atoms with E-state index >= 15 is 0 Å². The van der Waals surface area contributed by atoms with E-state index in [1.807, 2.05) is 0 Å². The first-order valence-electron chi connectivity index (χ1n) is 8.71. The van der Waals surface area contributed by atoms with Crippen LogP contribution in [0.5, 0.6) is 0 Å². The van der Waals surface area contributed by atoms with Gasteiger partial charge >= 0.3 is 0 Å². The minimum Gasteiger partial charge on any atom is -0.350 e. The molecule has 2 amide bonds. The first kappa shape index (κ1) is 19.2. The quantitative estimate of drug-likeness (QED) is 0.702. The second kappa shape index (κ2) is 8.90. The summed E-state index contributed by atoms with van der Waals surface area (Å²) in [6.45, 7) is 0.311. The van der Waals surface area contributed by atoms with Crippen LogP contribution < -0.4 is 10.2 Å². The molecular formula is C22H18F2N2O2. The van der Waals surface area contributed by atoms with Gasteiger partial charge in [-0.1, -0.05) is 24.3 Å². The van der Waals surface area contributed by atoms with Crippen LogP contribution in [0.15, 0.2) is 78.9 Å². The average molecular weight is 380 g/mol. The van der Waals surface area contributed by atoms with Crippen molar-refractivity contribution in [2.45, 2.75) is 0 Å². The molecule has 1 N–H and O–H groups in total. The van der Waals surface area contributed by atoms with Crippen molar-refractivity contribution in [1.29, 1.82) is 0 Å². The lowest BCUT2D eigenvalue weighted by atomic mass is 10.1. The molecule has 3 aromatic rings. The van der Waals surface area contributed by atoms with Gasteiger partial charge in [0, 0.05) is 29.9 Å². The van der Waals surface area contributed by atoms with Crippen molar-refractivity contribution in [2.75, 3.05) is 18.0 Å². The highest BCUT2D eigenvalue weighted by Crippen LogP contribution is 2.17. The third-order valence-corrected chi connectivity index (χ3v) is 4.11. The molecule has 28 heavy (non-hydrogen) atoms. The molecule has 4 nitrogen and oxygen atoms in total. The maximum absolute atomic E-state index is 13.3. The number of nitrogens with one attached hydrogen (secondary N) is 1. The molecular weight excluding hydrogens is 362 g/mol. The van der Waals surface area contributed by atoms with Gasteiger partial charge in [0.1, 0.15) is 11.6 Å². The first-order valence-corrected chi connectivity index (χ1v) is 8.71. The van der Waals surface area contributed by atoms with Crippen molar-refractivity contribution < 1.29 is 18.4 Å². The Morgan fingerprint density at radius 3 is 2.14 bits per heavy atom. The molecule has 0 heterocycles. The van der Waals surface area contributed by atoms with E-state index in [9.17, 15) is 18.4 Å². The minimum atomic E-state index is -0.500. The normalized spacial score (nSPS) is 10.4. The van der Waals surface area contributed by atoms with E-state index in [0.29, 0.717) is 11.3 Å². The van der Waals surface area contributed by atoms with Crippen molar-refractivity contribution in [3.8, 4) is 0 Å². The Labute approximate surface area is 161 Å². The number of rotatable bonds is 6. The van der Waals surface area contributed by atoms with Gasteiger partial charge in [0.15, 0.2) is 0 Å². The highest BCUT2D eigenvalue weighted by molar-refractivity contribution is 6.06. The van der Waals surface area contributed by atoms with E-state index < -0.39 is 17.5 Å². The zero-order valence-electron chi connectivity index (χ0n) is 14.9. The SMILES string of the molecule is O=C(NCCN(C(=O)c1ccccc1)c1ccc(F)cc1)c1cccc(F)c1. The Bertz CT molecular complexity index is 960. The van der Waals surface area contributed by atoms with E-state index in [4.69, 9.17) is 0 Å². The van der Waals surface area contributed by atoms with Crippen LogP contribution in [0.2, 0.25) is 0 Å². The number of anilines is 1. The molecule has 0 fully saturated rings. The van der Waals surface area contributed by atoms with Crippen LogP contribution in [0, 0.1) is 11.6 Å². The molecule has 0 aliphatic rings. The largest absolute Gasteiger partial charge is 0.350 e. The average Bonchev–Trinajstić information content (AvgIpc) is 2.72. The second-order valence-corrected chi connectivity index (χ2v) is 6.07. The maximum atomic E-state index is 13.3. The summed E-state index contributed by atoms with van der Waals surface area (Å²) in [5.41, 5.74) is 1.18. The summed E-state index contributed by atoms with van der Waals surface area (Å²) in [6.07, 6.45) is 0. The van der Waals surface area contributed by atoms with Crippen LogP contribution in [0.1, 0.15) is 20.7 Å². The second-order valence-electron chi connectivity index (χ2n) is 6.07. The standard InChI is InChI=1S/C22H18F2N2O2/c23-18-9-11-20(12-10-18)26(22(28)16-5-2-1-3-6-16)14-13-25-21(27)17-7-4-8-19(24)15-17/h1-12,15H,13-14H2,(H,25,27). The predicted octanol–water partition coefficient (Wildman–Crippen LogP) is 4.04. The molecule has 0 saturated carbocycles. The summed E-state index contributed by atoms with van der Waals surface area (Å²) >= 11 is 0. The van der Waals surface area contributed by atoms with Crippen LogP contribution in [0.25, 0.3) is 0 Å². The molecule has 0 radical (unpaired) electrons. The Hall–Kier alpha value is -3.54. The lowest BCUT2D eigenvalue weighted by Crippen LogP contribution is -2.38. The van der Waals surface area contributed by atoms with Gasteiger partial charge in [-0.25, -0.2) is 8.78 Å². The molecule has 0 aromatic heterocycles. The lowest BCUT2D eigenvalue weighted by Gasteiger charge is -2.23. The number of carbonyl (C=O) groups excluding carboxylic acids is 2. The van der Waals surface area contributed by atoms with Crippen LogP contribution in [-0.2, 0) is 0 Å². The zero-order chi connectivity index (χ0) is 19.9. The van der Waals surface area contributed by atoms with Gasteiger partial charge in [0.2, 0.25) is 0 Å². The Balaban J connectivity index is 1.73. The Morgan fingerprint density at radius 1 is 0.786 bits per heavy atom. The van der Waals surface area contributed by atoms with Crippen LogP contribution in [0.3, 0.4) is 0 Å². The molecule has 0 atom stereocenters. The number of benzene rings is 3. The van der Waals surface area contributed by atoms with Crippen LogP contribution in [-0.4, -0.2) is 24.9 Å². The lowest BCUT2D eigenvalue weighted by molar-refractivity contribution is 0.0943. The van der Waals surface area contributed by atoms with E-state index in [2.05, 4.69) is 5.32 Å². The molecule has 6 heteroatoms. The minimum absolute atomic E-state index is 0.144. The molecule has 3 rings (SSSR count). The summed E-state index contributed by atoms with van der Waals surface area (Å²) in [5.74, 6) is -1.62. The smallest absolute Gasteiger partial charge is 0.258 e. The molecule has 0 unspecified atom stereocenters. The number of halogens is 2. The van der Waals surface area contributed by atoms with Crippen molar-refractivity contribution in [1.82, 2.24) is 5.32 Å². The van der Waals surface area contributed by atoms with Gasteiger partial charge in [0.25, 0.3) is 11.8 Å².